The number of pyridine rings is 1. The normalized spacial score (nSPS) is 16.5. The SMILES string of the molecule is C[C@@H](Sc1ccc(S(=O)(=O)N(C)C)cn1)C(=O)NC(=O)NC1CCCC1. The summed E-state index contributed by atoms with van der Waals surface area (Å²) in [5, 5.41) is 5.09. The third-order valence-corrected chi connectivity index (χ3v) is 6.93. The quantitative estimate of drug-likeness (QED) is 0.702. The molecule has 1 atom stereocenters. The van der Waals surface area contributed by atoms with Gasteiger partial charge in [0.15, 0.2) is 0 Å². The van der Waals surface area contributed by atoms with Crippen molar-refractivity contribution in [3.05, 3.63) is 18.3 Å². The molecule has 8 nitrogen and oxygen atoms in total. The van der Waals surface area contributed by atoms with Crippen molar-refractivity contribution in [2.75, 3.05) is 14.1 Å². The topological polar surface area (TPSA) is 108 Å². The van der Waals surface area contributed by atoms with Crippen LogP contribution in [0.25, 0.3) is 0 Å². The zero-order valence-electron chi connectivity index (χ0n) is 15.1. The van der Waals surface area contributed by atoms with E-state index in [0.717, 1.165) is 41.8 Å². The van der Waals surface area contributed by atoms with Crippen molar-refractivity contribution >= 4 is 33.7 Å². The van der Waals surface area contributed by atoms with Crippen LogP contribution in [0.1, 0.15) is 32.6 Å². The number of amides is 3. The molecule has 144 valence electrons. The third-order valence-electron chi connectivity index (χ3n) is 4.08. The first kappa shape index (κ1) is 20.7. The van der Waals surface area contributed by atoms with Crippen LogP contribution in [0.2, 0.25) is 0 Å². The zero-order valence-corrected chi connectivity index (χ0v) is 16.7. The molecule has 1 fully saturated rings. The van der Waals surface area contributed by atoms with Gasteiger partial charge in [0.25, 0.3) is 0 Å². The maximum Gasteiger partial charge on any atom is 0.321 e. The van der Waals surface area contributed by atoms with Crippen LogP contribution in [-0.2, 0) is 14.8 Å². The van der Waals surface area contributed by atoms with Crippen LogP contribution in [0.3, 0.4) is 0 Å². The Hall–Kier alpha value is -1.65. The second-order valence-electron chi connectivity index (χ2n) is 6.32. The van der Waals surface area contributed by atoms with Crippen LogP contribution in [0.5, 0.6) is 0 Å². The first-order chi connectivity index (χ1) is 12.2. The van der Waals surface area contributed by atoms with E-state index in [0.29, 0.717) is 5.03 Å². The standard InChI is InChI=1S/C16H24N4O4S2/c1-11(15(21)19-16(22)18-12-6-4-5-7-12)25-14-9-8-13(10-17-14)26(23,24)20(2)3/h8-12H,4-7H2,1-3H3,(H2,18,19,21,22)/t11-/m1/s1. The summed E-state index contributed by atoms with van der Waals surface area (Å²) in [6.45, 7) is 1.66. The highest BCUT2D eigenvalue weighted by atomic mass is 32.2. The first-order valence-corrected chi connectivity index (χ1v) is 10.7. The first-order valence-electron chi connectivity index (χ1n) is 8.36. The van der Waals surface area contributed by atoms with Crippen molar-refractivity contribution in [3.8, 4) is 0 Å². The van der Waals surface area contributed by atoms with E-state index >= 15 is 0 Å². The molecule has 0 bridgehead atoms. The van der Waals surface area contributed by atoms with Gasteiger partial charge >= 0.3 is 6.03 Å². The molecule has 26 heavy (non-hydrogen) atoms. The lowest BCUT2D eigenvalue weighted by Gasteiger charge is -2.15. The molecule has 0 saturated heterocycles. The van der Waals surface area contributed by atoms with Crippen LogP contribution < -0.4 is 10.6 Å². The molecule has 0 spiro atoms. The van der Waals surface area contributed by atoms with E-state index in [1.807, 2.05) is 0 Å². The van der Waals surface area contributed by atoms with Gasteiger partial charge in [-0.05, 0) is 31.9 Å². The smallest absolute Gasteiger partial charge is 0.321 e. The Labute approximate surface area is 158 Å². The number of sulfonamides is 1. The average Bonchev–Trinajstić information content (AvgIpc) is 3.07. The Balaban J connectivity index is 1.89. The highest BCUT2D eigenvalue weighted by molar-refractivity contribution is 8.00. The molecule has 2 N–H and O–H groups in total. The zero-order chi connectivity index (χ0) is 19.3. The van der Waals surface area contributed by atoms with Crippen molar-refractivity contribution in [1.29, 1.82) is 0 Å². The summed E-state index contributed by atoms with van der Waals surface area (Å²) in [5.74, 6) is -0.419. The molecule has 1 aromatic rings. The molecule has 0 unspecified atom stereocenters. The van der Waals surface area contributed by atoms with Gasteiger partial charge in [0, 0.05) is 26.3 Å². The predicted octanol–water partition coefficient (Wildman–Crippen LogP) is 1.58. The minimum absolute atomic E-state index is 0.0832. The molecule has 0 radical (unpaired) electrons. The van der Waals surface area contributed by atoms with Crippen LogP contribution >= 0.6 is 11.8 Å². The molecule has 0 aliphatic heterocycles. The molecule has 1 aliphatic carbocycles. The lowest BCUT2D eigenvalue weighted by Crippen LogP contribution is -2.45. The van der Waals surface area contributed by atoms with Gasteiger partial charge in [0.2, 0.25) is 15.9 Å². The summed E-state index contributed by atoms with van der Waals surface area (Å²) < 4.78 is 25.1. The molecule has 1 aliphatic rings. The molecule has 1 saturated carbocycles. The monoisotopic (exact) mass is 400 g/mol. The fourth-order valence-corrected chi connectivity index (χ4v) is 4.18. The lowest BCUT2D eigenvalue weighted by atomic mass is 10.2. The molecule has 1 aromatic heterocycles. The number of rotatable bonds is 6. The summed E-state index contributed by atoms with van der Waals surface area (Å²) >= 11 is 1.15. The third kappa shape index (κ3) is 5.42. The summed E-state index contributed by atoms with van der Waals surface area (Å²) in [6, 6.07) is 2.65. The molecular weight excluding hydrogens is 376 g/mol. The van der Waals surface area contributed by atoms with E-state index in [4.69, 9.17) is 0 Å². The number of urea groups is 1. The fraction of sp³-hybridized carbons (Fsp3) is 0.562. The summed E-state index contributed by atoms with van der Waals surface area (Å²) in [7, 11) is -0.646. The van der Waals surface area contributed by atoms with Crippen molar-refractivity contribution < 1.29 is 18.0 Å². The Morgan fingerprint density at radius 3 is 2.46 bits per heavy atom. The number of nitrogens with one attached hydrogen (secondary N) is 2. The minimum Gasteiger partial charge on any atom is -0.335 e. The Morgan fingerprint density at radius 2 is 1.92 bits per heavy atom. The van der Waals surface area contributed by atoms with Gasteiger partial charge in [-0.15, -0.1) is 0 Å². The number of aromatic nitrogens is 1. The highest BCUT2D eigenvalue weighted by Crippen LogP contribution is 2.23. The van der Waals surface area contributed by atoms with Crippen molar-refractivity contribution in [2.45, 2.75) is 53.8 Å². The summed E-state index contributed by atoms with van der Waals surface area (Å²) in [4.78, 5) is 28.1. The van der Waals surface area contributed by atoms with Crippen molar-refractivity contribution in [3.63, 3.8) is 0 Å². The van der Waals surface area contributed by atoms with E-state index in [9.17, 15) is 18.0 Å². The minimum atomic E-state index is -3.54. The van der Waals surface area contributed by atoms with Gasteiger partial charge in [0.05, 0.1) is 10.3 Å². The van der Waals surface area contributed by atoms with Gasteiger partial charge in [-0.3, -0.25) is 10.1 Å². The van der Waals surface area contributed by atoms with Crippen LogP contribution in [0, 0.1) is 0 Å². The van der Waals surface area contributed by atoms with E-state index in [1.54, 1.807) is 13.0 Å². The molecule has 0 aromatic carbocycles. The van der Waals surface area contributed by atoms with E-state index < -0.39 is 27.2 Å². The molecule has 1 heterocycles. The number of nitrogens with zero attached hydrogens (tertiary/aromatic N) is 2. The molecule has 2 rings (SSSR count). The number of hydrogen-bond donors (Lipinski definition) is 2. The Bertz CT molecular complexity index is 744. The predicted molar refractivity (Wildman–Crippen MR) is 99.4 cm³/mol. The fourth-order valence-electron chi connectivity index (χ4n) is 2.54. The van der Waals surface area contributed by atoms with Gasteiger partial charge in [-0.1, -0.05) is 24.6 Å². The number of carbonyl (C=O) groups excluding carboxylic acids is 2. The van der Waals surface area contributed by atoms with Gasteiger partial charge < -0.3 is 5.32 Å². The molecule has 10 heteroatoms. The largest absolute Gasteiger partial charge is 0.335 e. The Kier molecular flexibility index (Phi) is 7.01. The lowest BCUT2D eigenvalue weighted by molar-refractivity contribution is -0.119. The highest BCUT2D eigenvalue weighted by Gasteiger charge is 2.22. The van der Waals surface area contributed by atoms with Crippen LogP contribution in [0.15, 0.2) is 28.3 Å². The maximum atomic E-state index is 12.1. The summed E-state index contributed by atoms with van der Waals surface area (Å²) in [5.41, 5.74) is 0. The number of carbonyl (C=O) groups is 2. The average molecular weight is 401 g/mol. The van der Waals surface area contributed by atoms with Gasteiger partial charge in [-0.2, -0.15) is 0 Å². The van der Waals surface area contributed by atoms with Crippen LogP contribution in [-0.4, -0.2) is 55.0 Å². The van der Waals surface area contributed by atoms with E-state index in [1.165, 1.54) is 26.4 Å². The van der Waals surface area contributed by atoms with Crippen molar-refractivity contribution in [2.24, 2.45) is 0 Å². The van der Waals surface area contributed by atoms with Gasteiger partial charge in [0.1, 0.15) is 4.90 Å². The molecular formula is C16H24N4O4S2. The second-order valence-corrected chi connectivity index (χ2v) is 9.84. The summed E-state index contributed by atoms with van der Waals surface area (Å²) in [6.07, 6.45) is 5.33. The van der Waals surface area contributed by atoms with Crippen LogP contribution in [0.4, 0.5) is 4.79 Å². The van der Waals surface area contributed by atoms with E-state index in [-0.39, 0.29) is 10.9 Å². The second kappa shape index (κ2) is 8.83. The maximum absolute atomic E-state index is 12.1. The number of hydrogen-bond acceptors (Lipinski definition) is 6. The van der Waals surface area contributed by atoms with Crippen molar-refractivity contribution in [1.82, 2.24) is 19.9 Å². The van der Waals surface area contributed by atoms with E-state index in [2.05, 4.69) is 15.6 Å². The molecule has 3 amide bonds. The number of thioether (sulfide) groups is 1. The van der Waals surface area contributed by atoms with Gasteiger partial charge in [-0.25, -0.2) is 22.5 Å². The number of imide groups is 1. The Morgan fingerprint density at radius 1 is 1.27 bits per heavy atom.